The lowest BCUT2D eigenvalue weighted by Crippen LogP contribution is -2.10. The molecule has 0 aliphatic carbocycles. The van der Waals surface area contributed by atoms with Crippen molar-refractivity contribution in [2.45, 2.75) is 6.18 Å². The number of rotatable bonds is 2. The fraction of sp³-hybridized carbons (Fsp3) is 0.0625. The predicted molar refractivity (Wildman–Crippen MR) is 80.1 cm³/mol. The summed E-state index contributed by atoms with van der Waals surface area (Å²) in [6.07, 6.45) is -1.49. The zero-order valence-electron chi connectivity index (χ0n) is 11.7. The summed E-state index contributed by atoms with van der Waals surface area (Å²) in [4.78, 5) is 12.1. The van der Waals surface area contributed by atoms with Crippen molar-refractivity contribution in [1.82, 2.24) is 15.0 Å². The minimum Gasteiger partial charge on any atom is -0.384 e. The molecule has 2 heterocycles. The van der Waals surface area contributed by atoms with E-state index in [4.69, 9.17) is 5.73 Å². The molecule has 0 fully saturated rings. The zero-order valence-corrected chi connectivity index (χ0v) is 11.7. The Morgan fingerprint density at radius 2 is 1.48 bits per heavy atom. The Morgan fingerprint density at radius 1 is 0.826 bits per heavy atom. The quantitative estimate of drug-likeness (QED) is 0.781. The van der Waals surface area contributed by atoms with Crippen LogP contribution in [0.15, 0.2) is 54.9 Å². The molecule has 7 heteroatoms. The monoisotopic (exact) mass is 316 g/mol. The van der Waals surface area contributed by atoms with Crippen LogP contribution < -0.4 is 5.73 Å². The fourth-order valence-corrected chi connectivity index (χ4v) is 2.23. The second-order valence-corrected chi connectivity index (χ2v) is 4.75. The van der Waals surface area contributed by atoms with Crippen LogP contribution in [0.3, 0.4) is 0 Å². The molecule has 116 valence electrons. The minimum absolute atomic E-state index is 0.0109. The third-order valence-electron chi connectivity index (χ3n) is 3.21. The molecule has 0 amide bonds. The maximum absolute atomic E-state index is 13.3. The zero-order chi connectivity index (χ0) is 16.4. The van der Waals surface area contributed by atoms with Crippen LogP contribution in [-0.2, 0) is 6.18 Å². The number of nitrogens with two attached hydrogens (primary N) is 1. The maximum Gasteiger partial charge on any atom is 0.418 e. The molecule has 0 radical (unpaired) electrons. The molecule has 0 unspecified atom stereocenters. The standard InChI is InChI=1S/C16H11F3N4/c17-16(18,19)12-6-7-13(20)23-14(12)10-4-1-2-5-11(10)15-21-8-3-9-22-15/h1-9H,(H2,20,23). The number of hydrogen-bond acceptors (Lipinski definition) is 4. The van der Waals surface area contributed by atoms with E-state index in [1.165, 1.54) is 12.4 Å². The average Bonchev–Trinajstić information content (AvgIpc) is 2.54. The van der Waals surface area contributed by atoms with Gasteiger partial charge in [0.2, 0.25) is 0 Å². The summed E-state index contributed by atoms with van der Waals surface area (Å²) in [5.41, 5.74) is 5.23. The second-order valence-electron chi connectivity index (χ2n) is 4.75. The highest BCUT2D eigenvalue weighted by Crippen LogP contribution is 2.39. The fourth-order valence-electron chi connectivity index (χ4n) is 2.23. The molecule has 23 heavy (non-hydrogen) atoms. The summed E-state index contributed by atoms with van der Waals surface area (Å²) in [5.74, 6) is 0.331. The normalized spacial score (nSPS) is 11.4. The third-order valence-corrected chi connectivity index (χ3v) is 3.21. The van der Waals surface area contributed by atoms with Crippen LogP contribution in [0.25, 0.3) is 22.6 Å². The predicted octanol–water partition coefficient (Wildman–Crippen LogP) is 3.81. The largest absolute Gasteiger partial charge is 0.418 e. The van der Waals surface area contributed by atoms with Gasteiger partial charge in [0.15, 0.2) is 5.82 Å². The number of anilines is 1. The van der Waals surface area contributed by atoms with Gasteiger partial charge in [-0.1, -0.05) is 24.3 Å². The highest BCUT2D eigenvalue weighted by Gasteiger charge is 2.35. The van der Waals surface area contributed by atoms with Crippen LogP contribution in [0.5, 0.6) is 0 Å². The molecular formula is C16H11F3N4. The minimum atomic E-state index is -4.54. The van der Waals surface area contributed by atoms with Crippen LogP contribution in [0.4, 0.5) is 19.0 Å². The van der Waals surface area contributed by atoms with Crippen molar-refractivity contribution in [3.63, 3.8) is 0 Å². The van der Waals surface area contributed by atoms with Crippen LogP contribution in [0, 0.1) is 0 Å². The Bertz CT molecular complexity index is 832. The average molecular weight is 316 g/mol. The lowest BCUT2D eigenvalue weighted by Gasteiger charge is -2.15. The molecule has 0 saturated carbocycles. The first kappa shape index (κ1) is 15.0. The SMILES string of the molecule is Nc1ccc(C(F)(F)F)c(-c2ccccc2-c2ncccn2)n1. The first-order valence-corrected chi connectivity index (χ1v) is 6.67. The van der Waals surface area contributed by atoms with Crippen molar-refractivity contribution in [3.05, 3.63) is 60.4 Å². The molecule has 1 aromatic carbocycles. The van der Waals surface area contributed by atoms with Gasteiger partial charge < -0.3 is 5.73 Å². The van der Waals surface area contributed by atoms with Crippen LogP contribution in [-0.4, -0.2) is 15.0 Å². The van der Waals surface area contributed by atoms with Gasteiger partial charge in [-0.15, -0.1) is 0 Å². The van der Waals surface area contributed by atoms with Crippen molar-refractivity contribution >= 4 is 5.82 Å². The Balaban J connectivity index is 2.27. The van der Waals surface area contributed by atoms with Gasteiger partial charge in [-0.2, -0.15) is 13.2 Å². The highest BCUT2D eigenvalue weighted by atomic mass is 19.4. The third kappa shape index (κ3) is 2.98. The highest BCUT2D eigenvalue weighted by molar-refractivity contribution is 5.80. The van der Waals surface area contributed by atoms with Crippen molar-refractivity contribution in [3.8, 4) is 22.6 Å². The van der Waals surface area contributed by atoms with E-state index in [1.807, 2.05) is 0 Å². The second kappa shape index (κ2) is 5.68. The molecule has 4 nitrogen and oxygen atoms in total. The molecule has 0 aliphatic rings. The van der Waals surface area contributed by atoms with E-state index in [0.29, 0.717) is 11.4 Å². The van der Waals surface area contributed by atoms with E-state index in [9.17, 15) is 13.2 Å². The van der Waals surface area contributed by atoms with Gasteiger partial charge in [-0.05, 0) is 18.2 Å². The van der Waals surface area contributed by atoms with Crippen LogP contribution >= 0.6 is 0 Å². The number of aromatic nitrogens is 3. The van der Waals surface area contributed by atoms with Crippen LogP contribution in [0.1, 0.15) is 5.56 Å². The van der Waals surface area contributed by atoms with E-state index in [1.54, 1.807) is 30.3 Å². The Labute approximate surface area is 129 Å². The molecule has 0 aliphatic heterocycles. The van der Waals surface area contributed by atoms with Gasteiger partial charge in [0.25, 0.3) is 0 Å². The lowest BCUT2D eigenvalue weighted by molar-refractivity contribution is -0.137. The van der Waals surface area contributed by atoms with Gasteiger partial charge in [-0.25, -0.2) is 15.0 Å². The number of nitrogen functional groups attached to an aromatic ring is 1. The van der Waals surface area contributed by atoms with E-state index >= 15 is 0 Å². The molecule has 2 N–H and O–H groups in total. The van der Waals surface area contributed by atoms with Gasteiger partial charge in [-0.3, -0.25) is 0 Å². The van der Waals surface area contributed by atoms with Gasteiger partial charge in [0, 0.05) is 23.5 Å². The smallest absolute Gasteiger partial charge is 0.384 e. The van der Waals surface area contributed by atoms with E-state index in [0.717, 1.165) is 12.1 Å². The van der Waals surface area contributed by atoms with Crippen molar-refractivity contribution in [2.24, 2.45) is 0 Å². The molecule has 2 aromatic heterocycles. The van der Waals surface area contributed by atoms with Gasteiger partial charge in [0.05, 0.1) is 11.3 Å². The first-order chi connectivity index (χ1) is 11.0. The van der Waals surface area contributed by atoms with E-state index < -0.39 is 11.7 Å². The van der Waals surface area contributed by atoms with E-state index in [-0.39, 0.29) is 17.1 Å². The summed E-state index contributed by atoms with van der Waals surface area (Å²) < 4.78 is 39.9. The van der Waals surface area contributed by atoms with Gasteiger partial charge >= 0.3 is 6.18 Å². The van der Waals surface area contributed by atoms with Crippen molar-refractivity contribution in [2.75, 3.05) is 5.73 Å². The number of pyridine rings is 1. The van der Waals surface area contributed by atoms with Gasteiger partial charge in [0.1, 0.15) is 5.82 Å². The molecule has 0 saturated heterocycles. The number of benzene rings is 1. The summed E-state index contributed by atoms with van der Waals surface area (Å²) >= 11 is 0. The van der Waals surface area contributed by atoms with Crippen LogP contribution in [0.2, 0.25) is 0 Å². The summed E-state index contributed by atoms with van der Waals surface area (Å²) in [7, 11) is 0. The molecule has 0 bridgehead atoms. The van der Waals surface area contributed by atoms with Crippen molar-refractivity contribution < 1.29 is 13.2 Å². The molecular weight excluding hydrogens is 305 g/mol. The number of halogens is 3. The summed E-state index contributed by atoms with van der Waals surface area (Å²) in [5, 5.41) is 0. The maximum atomic E-state index is 13.3. The number of hydrogen-bond donors (Lipinski definition) is 1. The molecule has 0 spiro atoms. The summed E-state index contributed by atoms with van der Waals surface area (Å²) in [6.45, 7) is 0. The number of nitrogens with zero attached hydrogens (tertiary/aromatic N) is 3. The van der Waals surface area contributed by atoms with Crippen molar-refractivity contribution in [1.29, 1.82) is 0 Å². The Kier molecular flexibility index (Phi) is 3.69. The summed E-state index contributed by atoms with van der Waals surface area (Å²) in [6, 6.07) is 10.2. The topological polar surface area (TPSA) is 64.7 Å². The Morgan fingerprint density at radius 3 is 2.13 bits per heavy atom. The first-order valence-electron chi connectivity index (χ1n) is 6.67. The molecule has 3 aromatic rings. The number of alkyl halides is 3. The van der Waals surface area contributed by atoms with E-state index in [2.05, 4.69) is 15.0 Å². The Hall–Kier alpha value is -2.96. The molecule has 3 rings (SSSR count). The molecule has 0 atom stereocenters. The lowest BCUT2D eigenvalue weighted by atomic mass is 9.99.